The minimum Gasteiger partial charge on any atom is -0.350 e. The Morgan fingerprint density at radius 3 is 2.33 bits per heavy atom. The maximum atomic E-state index is 13.0. The summed E-state index contributed by atoms with van der Waals surface area (Å²) in [5, 5.41) is 3.69. The molecule has 0 saturated heterocycles. The molecule has 2 rings (SSSR count). The van der Waals surface area contributed by atoms with Gasteiger partial charge in [0, 0.05) is 17.8 Å². The number of hydrogen-bond acceptors (Lipinski definition) is 4. The normalized spacial score (nSPS) is 12.0. The van der Waals surface area contributed by atoms with Crippen LogP contribution >= 0.6 is 11.8 Å². The average Bonchev–Trinajstić information content (AvgIpc) is 2.54. The topological polar surface area (TPSA) is 54.9 Å². The Labute approximate surface area is 146 Å². The molecule has 6 heteroatoms. The van der Waals surface area contributed by atoms with Crippen LogP contribution in [-0.4, -0.2) is 22.1 Å². The summed E-state index contributed by atoms with van der Waals surface area (Å²) in [6, 6.07) is 6.01. The van der Waals surface area contributed by atoms with Crippen LogP contribution in [0.4, 0.5) is 4.39 Å². The van der Waals surface area contributed by atoms with Crippen molar-refractivity contribution in [2.75, 3.05) is 6.26 Å². The smallest absolute Gasteiger partial charge is 0.220 e. The Bertz CT molecular complexity index is 696. The minimum absolute atomic E-state index is 0.0421. The molecule has 1 aromatic carbocycles. The Balaban J connectivity index is 1.95. The molecule has 1 heterocycles. The number of halogens is 1. The van der Waals surface area contributed by atoms with Crippen LogP contribution < -0.4 is 5.32 Å². The second kappa shape index (κ2) is 8.24. The van der Waals surface area contributed by atoms with Gasteiger partial charge >= 0.3 is 0 Å². The number of aromatic nitrogens is 2. The van der Waals surface area contributed by atoms with E-state index in [1.807, 2.05) is 27.0 Å². The predicted molar refractivity (Wildman–Crippen MR) is 94.6 cm³/mol. The zero-order chi connectivity index (χ0) is 17.7. The van der Waals surface area contributed by atoms with Gasteiger partial charge in [-0.25, -0.2) is 14.4 Å². The van der Waals surface area contributed by atoms with Crippen LogP contribution in [0, 0.1) is 19.7 Å². The maximum absolute atomic E-state index is 13.0. The lowest BCUT2D eigenvalue weighted by Crippen LogP contribution is -2.27. The SMILES string of the molecule is CSc1nc(C)c(CCC(=O)N[C@H](C)c2ccc(F)cc2)c(C)n1. The Morgan fingerprint density at radius 2 is 1.79 bits per heavy atom. The van der Waals surface area contributed by atoms with Crippen molar-refractivity contribution in [3.63, 3.8) is 0 Å². The van der Waals surface area contributed by atoms with Crippen molar-refractivity contribution in [2.24, 2.45) is 0 Å². The summed E-state index contributed by atoms with van der Waals surface area (Å²) in [5.74, 6) is -0.323. The van der Waals surface area contributed by atoms with E-state index in [0.29, 0.717) is 12.8 Å². The highest BCUT2D eigenvalue weighted by atomic mass is 32.2. The number of rotatable bonds is 6. The molecule has 1 atom stereocenters. The molecule has 1 amide bonds. The van der Waals surface area contributed by atoms with Crippen LogP contribution in [0.1, 0.15) is 41.9 Å². The van der Waals surface area contributed by atoms with Gasteiger partial charge in [-0.05, 0) is 56.7 Å². The van der Waals surface area contributed by atoms with Crippen molar-refractivity contribution in [3.8, 4) is 0 Å². The predicted octanol–water partition coefficient (Wildman–Crippen LogP) is 3.76. The van der Waals surface area contributed by atoms with Crippen LogP contribution in [0.2, 0.25) is 0 Å². The van der Waals surface area contributed by atoms with Gasteiger partial charge in [-0.15, -0.1) is 0 Å². The molecule has 0 aliphatic heterocycles. The van der Waals surface area contributed by atoms with E-state index in [9.17, 15) is 9.18 Å². The van der Waals surface area contributed by atoms with Crippen molar-refractivity contribution < 1.29 is 9.18 Å². The van der Waals surface area contributed by atoms with Crippen LogP contribution in [0.25, 0.3) is 0 Å². The monoisotopic (exact) mass is 347 g/mol. The van der Waals surface area contributed by atoms with Gasteiger partial charge in [0.05, 0.1) is 6.04 Å². The molecule has 0 bridgehead atoms. The van der Waals surface area contributed by atoms with Crippen LogP contribution in [0.5, 0.6) is 0 Å². The number of carbonyl (C=O) groups excluding carboxylic acids is 1. The van der Waals surface area contributed by atoms with Gasteiger partial charge in [0.25, 0.3) is 0 Å². The van der Waals surface area contributed by atoms with Crippen molar-refractivity contribution >= 4 is 17.7 Å². The Hall–Kier alpha value is -1.95. The first-order valence-corrected chi connectivity index (χ1v) is 9.06. The summed E-state index contributed by atoms with van der Waals surface area (Å²) in [4.78, 5) is 21.0. The molecule has 24 heavy (non-hydrogen) atoms. The van der Waals surface area contributed by atoms with E-state index >= 15 is 0 Å². The highest BCUT2D eigenvalue weighted by Gasteiger charge is 2.13. The molecular formula is C18H22FN3OS. The van der Waals surface area contributed by atoms with Gasteiger partial charge in [0.2, 0.25) is 5.91 Å². The minimum atomic E-state index is -0.281. The first-order valence-electron chi connectivity index (χ1n) is 7.83. The molecule has 1 aromatic heterocycles. The molecule has 0 saturated carbocycles. The third-order valence-electron chi connectivity index (χ3n) is 3.93. The van der Waals surface area contributed by atoms with E-state index in [1.165, 1.54) is 23.9 Å². The highest BCUT2D eigenvalue weighted by Crippen LogP contribution is 2.18. The number of thioether (sulfide) groups is 1. The van der Waals surface area contributed by atoms with E-state index in [4.69, 9.17) is 0 Å². The van der Waals surface area contributed by atoms with Crippen molar-refractivity contribution in [2.45, 2.75) is 44.8 Å². The van der Waals surface area contributed by atoms with Gasteiger partial charge in [-0.2, -0.15) is 0 Å². The maximum Gasteiger partial charge on any atom is 0.220 e. The van der Waals surface area contributed by atoms with Crippen LogP contribution in [0.3, 0.4) is 0 Å². The van der Waals surface area contributed by atoms with E-state index in [2.05, 4.69) is 15.3 Å². The first kappa shape index (κ1) is 18.4. The van der Waals surface area contributed by atoms with Gasteiger partial charge in [-0.3, -0.25) is 4.79 Å². The second-order valence-electron chi connectivity index (χ2n) is 5.70. The van der Waals surface area contributed by atoms with E-state index in [-0.39, 0.29) is 17.8 Å². The van der Waals surface area contributed by atoms with E-state index < -0.39 is 0 Å². The highest BCUT2D eigenvalue weighted by molar-refractivity contribution is 7.98. The molecule has 0 aliphatic carbocycles. The molecule has 0 spiro atoms. The quantitative estimate of drug-likeness (QED) is 0.638. The van der Waals surface area contributed by atoms with Gasteiger partial charge < -0.3 is 5.32 Å². The summed E-state index contributed by atoms with van der Waals surface area (Å²) in [7, 11) is 0. The molecule has 0 aliphatic rings. The third kappa shape index (κ3) is 4.77. The molecule has 0 radical (unpaired) electrons. The zero-order valence-electron chi connectivity index (χ0n) is 14.4. The summed E-state index contributed by atoms with van der Waals surface area (Å²) in [6.07, 6.45) is 2.92. The molecule has 2 aromatic rings. The molecule has 128 valence electrons. The summed E-state index contributed by atoms with van der Waals surface area (Å²) in [5.41, 5.74) is 3.75. The summed E-state index contributed by atoms with van der Waals surface area (Å²) >= 11 is 1.51. The number of carbonyl (C=O) groups is 1. The van der Waals surface area contributed by atoms with Gasteiger partial charge in [-0.1, -0.05) is 23.9 Å². The van der Waals surface area contributed by atoms with Gasteiger partial charge in [0.1, 0.15) is 5.82 Å². The largest absolute Gasteiger partial charge is 0.350 e. The average molecular weight is 347 g/mol. The van der Waals surface area contributed by atoms with E-state index in [0.717, 1.165) is 27.7 Å². The van der Waals surface area contributed by atoms with Crippen molar-refractivity contribution in [1.82, 2.24) is 15.3 Å². The van der Waals surface area contributed by atoms with Crippen molar-refractivity contribution in [1.29, 1.82) is 0 Å². The Morgan fingerprint density at radius 1 is 1.21 bits per heavy atom. The lowest BCUT2D eigenvalue weighted by atomic mass is 10.1. The second-order valence-corrected chi connectivity index (χ2v) is 6.47. The lowest BCUT2D eigenvalue weighted by molar-refractivity contribution is -0.121. The zero-order valence-corrected chi connectivity index (χ0v) is 15.2. The number of nitrogens with one attached hydrogen (secondary N) is 1. The summed E-state index contributed by atoms with van der Waals surface area (Å²) in [6.45, 7) is 5.78. The van der Waals surface area contributed by atoms with Crippen molar-refractivity contribution in [3.05, 3.63) is 52.6 Å². The number of aryl methyl sites for hydroxylation is 2. The number of nitrogens with zero attached hydrogens (tertiary/aromatic N) is 2. The molecule has 4 nitrogen and oxygen atoms in total. The fraction of sp³-hybridized carbons (Fsp3) is 0.389. The molecule has 0 fully saturated rings. The van der Waals surface area contributed by atoms with Gasteiger partial charge in [0.15, 0.2) is 5.16 Å². The number of amides is 1. The molecular weight excluding hydrogens is 325 g/mol. The van der Waals surface area contributed by atoms with Crippen LogP contribution in [0.15, 0.2) is 29.4 Å². The van der Waals surface area contributed by atoms with Crippen LogP contribution in [-0.2, 0) is 11.2 Å². The lowest BCUT2D eigenvalue weighted by Gasteiger charge is -2.15. The van der Waals surface area contributed by atoms with E-state index in [1.54, 1.807) is 12.1 Å². The number of hydrogen-bond donors (Lipinski definition) is 1. The first-order chi connectivity index (χ1) is 11.4. The number of benzene rings is 1. The standard InChI is InChI=1S/C18H22FN3OS/c1-11(14-5-7-15(19)8-6-14)20-17(23)10-9-16-12(2)21-18(24-4)22-13(16)3/h5-8,11H,9-10H2,1-4H3,(H,20,23)/t11-/m1/s1. The molecule has 1 N–H and O–H groups in total. The molecule has 0 unspecified atom stereocenters. The Kier molecular flexibility index (Phi) is 6.31. The fourth-order valence-corrected chi connectivity index (χ4v) is 3.01. The fourth-order valence-electron chi connectivity index (χ4n) is 2.55. The summed E-state index contributed by atoms with van der Waals surface area (Å²) < 4.78 is 13.0. The third-order valence-corrected chi connectivity index (χ3v) is 4.48.